The summed E-state index contributed by atoms with van der Waals surface area (Å²) in [4.78, 5) is 16.8. The zero-order valence-electron chi connectivity index (χ0n) is 15.5. The molecule has 1 aromatic heterocycles. The third-order valence-electron chi connectivity index (χ3n) is 4.70. The number of benzene rings is 2. The summed E-state index contributed by atoms with van der Waals surface area (Å²) in [5.41, 5.74) is 2.34. The number of carbonyl (C=O) groups excluding carboxylic acids is 1. The number of para-hydroxylation sites is 1. The van der Waals surface area contributed by atoms with Crippen LogP contribution in [0.15, 0.2) is 52.9 Å². The van der Waals surface area contributed by atoms with Crippen LogP contribution in [0.25, 0.3) is 11.1 Å². The standard InChI is InChI=1S/C21H23N3O3.ClH/c25-20(23-14-9-15-5-2-1-3-6-15)21-24-19-17(7-4-8-18(19)27-21)26-16-10-12-22-13-11-16;/h1-8,16,22H,9-14H2,(H,23,25);1H. The quantitative estimate of drug-likeness (QED) is 0.662. The van der Waals surface area contributed by atoms with Crippen molar-refractivity contribution in [3.8, 4) is 5.75 Å². The molecule has 2 aromatic carbocycles. The topological polar surface area (TPSA) is 76.4 Å². The molecular formula is C21H24ClN3O3. The van der Waals surface area contributed by atoms with E-state index in [0.717, 1.165) is 32.4 Å². The Bertz CT molecular complexity index is 908. The van der Waals surface area contributed by atoms with E-state index >= 15 is 0 Å². The van der Waals surface area contributed by atoms with Crippen LogP contribution in [0.2, 0.25) is 0 Å². The Balaban J connectivity index is 0.00000225. The van der Waals surface area contributed by atoms with E-state index in [0.29, 0.717) is 23.4 Å². The van der Waals surface area contributed by atoms with Gasteiger partial charge >= 0.3 is 5.91 Å². The summed E-state index contributed by atoms with van der Waals surface area (Å²) in [6, 6.07) is 15.6. The minimum Gasteiger partial charge on any atom is -0.488 e. The van der Waals surface area contributed by atoms with E-state index in [4.69, 9.17) is 9.15 Å². The highest BCUT2D eigenvalue weighted by molar-refractivity contribution is 5.93. The van der Waals surface area contributed by atoms with Gasteiger partial charge in [-0.2, -0.15) is 0 Å². The lowest BCUT2D eigenvalue weighted by molar-refractivity contribution is 0.0922. The van der Waals surface area contributed by atoms with Crippen molar-refractivity contribution in [2.24, 2.45) is 0 Å². The molecule has 1 fully saturated rings. The average molecular weight is 402 g/mol. The Morgan fingerprint density at radius 3 is 2.71 bits per heavy atom. The first-order valence-electron chi connectivity index (χ1n) is 9.38. The summed E-state index contributed by atoms with van der Waals surface area (Å²) in [7, 11) is 0. The monoisotopic (exact) mass is 401 g/mol. The van der Waals surface area contributed by atoms with Crippen LogP contribution in [-0.2, 0) is 6.42 Å². The zero-order valence-corrected chi connectivity index (χ0v) is 16.3. The molecule has 0 unspecified atom stereocenters. The van der Waals surface area contributed by atoms with Gasteiger partial charge in [-0.3, -0.25) is 4.79 Å². The SMILES string of the molecule is Cl.O=C(NCCc1ccccc1)c1nc2c(OC3CCNCC3)cccc2o1. The summed E-state index contributed by atoms with van der Waals surface area (Å²) < 4.78 is 11.8. The third-order valence-corrected chi connectivity index (χ3v) is 4.70. The van der Waals surface area contributed by atoms with E-state index in [9.17, 15) is 4.79 Å². The molecule has 0 radical (unpaired) electrons. The van der Waals surface area contributed by atoms with E-state index in [2.05, 4.69) is 15.6 Å². The highest BCUT2D eigenvalue weighted by Crippen LogP contribution is 2.27. The molecule has 3 aromatic rings. The maximum absolute atomic E-state index is 12.4. The van der Waals surface area contributed by atoms with E-state index in [1.807, 2.05) is 42.5 Å². The smallest absolute Gasteiger partial charge is 0.307 e. The van der Waals surface area contributed by atoms with Crippen LogP contribution < -0.4 is 15.4 Å². The second-order valence-electron chi connectivity index (χ2n) is 6.68. The van der Waals surface area contributed by atoms with Gasteiger partial charge in [0.25, 0.3) is 5.89 Å². The van der Waals surface area contributed by atoms with E-state index in [1.165, 1.54) is 5.56 Å². The summed E-state index contributed by atoms with van der Waals surface area (Å²) in [6.45, 7) is 2.43. The van der Waals surface area contributed by atoms with Crippen molar-refractivity contribution in [1.82, 2.24) is 15.6 Å². The summed E-state index contributed by atoms with van der Waals surface area (Å²) >= 11 is 0. The van der Waals surface area contributed by atoms with Gasteiger partial charge in [0.05, 0.1) is 0 Å². The summed E-state index contributed by atoms with van der Waals surface area (Å²) in [5.74, 6) is 0.431. The number of hydrogen-bond donors (Lipinski definition) is 2. The number of amides is 1. The molecule has 6 nitrogen and oxygen atoms in total. The van der Waals surface area contributed by atoms with Crippen LogP contribution in [0.5, 0.6) is 5.75 Å². The van der Waals surface area contributed by atoms with Gasteiger partial charge in [0.2, 0.25) is 0 Å². The van der Waals surface area contributed by atoms with Crippen molar-refractivity contribution in [1.29, 1.82) is 0 Å². The van der Waals surface area contributed by atoms with Crippen LogP contribution in [-0.4, -0.2) is 36.6 Å². The number of rotatable bonds is 6. The molecule has 2 heterocycles. The summed E-state index contributed by atoms with van der Waals surface area (Å²) in [5, 5.41) is 6.19. The maximum Gasteiger partial charge on any atom is 0.307 e. The minimum absolute atomic E-state index is 0. The number of carbonyl (C=O) groups is 1. The van der Waals surface area contributed by atoms with Gasteiger partial charge in [0.15, 0.2) is 11.1 Å². The minimum atomic E-state index is -0.310. The van der Waals surface area contributed by atoms with Crippen molar-refractivity contribution in [2.75, 3.05) is 19.6 Å². The normalized spacial score (nSPS) is 14.4. The molecule has 0 atom stereocenters. The number of hydrogen-bond acceptors (Lipinski definition) is 5. The Kier molecular flexibility index (Phi) is 6.90. The van der Waals surface area contributed by atoms with Crippen LogP contribution in [0.3, 0.4) is 0 Å². The number of oxazole rings is 1. The largest absolute Gasteiger partial charge is 0.488 e. The number of fused-ring (bicyclic) bond motifs is 1. The first kappa shape index (κ1) is 20.2. The summed E-state index contributed by atoms with van der Waals surface area (Å²) in [6.07, 6.45) is 2.84. The molecule has 0 aliphatic carbocycles. The molecule has 28 heavy (non-hydrogen) atoms. The second kappa shape index (κ2) is 9.57. The highest BCUT2D eigenvalue weighted by Gasteiger charge is 2.20. The molecule has 148 valence electrons. The van der Waals surface area contributed by atoms with Crippen LogP contribution in [0, 0.1) is 0 Å². The fourth-order valence-electron chi connectivity index (χ4n) is 3.25. The number of aromatic nitrogens is 1. The van der Waals surface area contributed by atoms with Gasteiger partial charge in [-0.1, -0.05) is 36.4 Å². The predicted molar refractivity (Wildman–Crippen MR) is 110 cm³/mol. The number of nitrogens with one attached hydrogen (secondary N) is 2. The lowest BCUT2D eigenvalue weighted by atomic mass is 10.1. The van der Waals surface area contributed by atoms with Gasteiger partial charge < -0.3 is 19.8 Å². The van der Waals surface area contributed by atoms with Crippen LogP contribution in [0.4, 0.5) is 0 Å². The van der Waals surface area contributed by atoms with Crippen molar-refractivity contribution < 1.29 is 13.9 Å². The molecule has 1 saturated heterocycles. The van der Waals surface area contributed by atoms with Crippen molar-refractivity contribution in [2.45, 2.75) is 25.4 Å². The van der Waals surface area contributed by atoms with Crippen molar-refractivity contribution in [3.05, 3.63) is 60.0 Å². The molecule has 0 bridgehead atoms. The Morgan fingerprint density at radius 2 is 1.93 bits per heavy atom. The molecular weight excluding hydrogens is 378 g/mol. The maximum atomic E-state index is 12.4. The average Bonchev–Trinajstić information content (AvgIpc) is 3.15. The van der Waals surface area contributed by atoms with Gasteiger partial charge in [-0.15, -0.1) is 12.4 Å². The van der Waals surface area contributed by atoms with Crippen molar-refractivity contribution in [3.63, 3.8) is 0 Å². The van der Waals surface area contributed by atoms with Gasteiger partial charge in [0.1, 0.15) is 11.9 Å². The second-order valence-corrected chi connectivity index (χ2v) is 6.68. The molecule has 7 heteroatoms. The van der Waals surface area contributed by atoms with Gasteiger partial charge in [-0.25, -0.2) is 4.98 Å². The fourth-order valence-corrected chi connectivity index (χ4v) is 3.25. The van der Waals surface area contributed by atoms with E-state index < -0.39 is 0 Å². The van der Waals surface area contributed by atoms with Gasteiger partial charge in [-0.05, 0) is 50.0 Å². The Hall–Kier alpha value is -2.57. The molecule has 1 aliphatic rings. The molecule has 1 amide bonds. The van der Waals surface area contributed by atoms with E-state index in [-0.39, 0.29) is 30.3 Å². The van der Waals surface area contributed by atoms with Gasteiger partial charge in [0, 0.05) is 6.54 Å². The fraction of sp³-hybridized carbons (Fsp3) is 0.333. The lowest BCUT2D eigenvalue weighted by Crippen LogP contribution is -2.34. The molecule has 1 aliphatic heterocycles. The molecule has 2 N–H and O–H groups in total. The van der Waals surface area contributed by atoms with E-state index in [1.54, 1.807) is 6.07 Å². The third kappa shape index (κ3) is 4.82. The number of nitrogens with zero attached hydrogens (tertiary/aromatic N) is 1. The predicted octanol–water partition coefficient (Wildman–Crippen LogP) is 3.35. The zero-order chi connectivity index (χ0) is 18.5. The first-order chi connectivity index (χ1) is 13.3. The van der Waals surface area contributed by atoms with Crippen LogP contribution >= 0.6 is 12.4 Å². The highest BCUT2D eigenvalue weighted by atomic mass is 35.5. The number of halogens is 1. The van der Waals surface area contributed by atoms with Crippen molar-refractivity contribution >= 4 is 29.4 Å². The van der Waals surface area contributed by atoms with Crippen LogP contribution in [0.1, 0.15) is 29.1 Å². The molecule has 4 rings (SSSR count). The Labute approximate surface area is 170 Å². The number of ether oxygens (including phenoxy) is 1. The first-order valence-corrected chi connectivity index (χ1v) is 9.38. The Morgan fingerprint density at radius 1 is 1.14 bits per heavy atom. The molecule has 0 spiro atoms. The lowest BCUT2D eigenvalue weighted by Gasteiger charge is -2.23. The molecule has 0 saturated carbocycles. The number of piperidine rings is 1.